The minimum Gasteiger partial charge on any atom is -0.480 e. The van der Waals surface area contributed by atoms with Crippen LogP contribution in [0.1, 0.15) is 11.1 Å². The number of benzene rings is 1. The van der Waals surface area contributed by atoms with E-state index >= 15 is 0 Å². The summed E-state index contributed by atoms with van der Waals surface area (Å²) < 4.78 is 29.0. The van der Waals surface area contributed by atoms with Gasteiger partial charge in [-0.15, -0.1) is 0 Å². The van der Waals surface area contributed by atoms with Crippen LogP contribution in [0.3, 0.4) is 0 Å². The van der Waals surface area contributed by atoms with Gasteiger partial charge in [-0.25, -0.2) is 13.2 Å². The second kappa shape index (κ2) is 7.61. The van der Waals surface area contributed by atoms with Crippen molar-refractivity contribution in [3.05, 3.63) is 29.3 Å². The van der Waals surface area contributed by atoms with Gasteiger partial charge in [0.1, 0.15) is 13.2 Å². The Morgan fingerprint density at radius 3 is 2.74 bits per heavy atom. The summed E-state index contributed by atoms with van der Waals surface area (Å²) in [6.45, 7) is 2.85. The van der Waals surface area contributed by atoms with Crippen LogP contribution in [0.5, 0.6) is 0 Å². The molecule has 0 aromatic heterocycles. The molecule has 0 radical (unpaired) electrons. The number of carbonyl (C=O) groups is 2. The van der Waals surface area contributed by atoms with Crippen molar-refractivity contribution in [2.45, 2.75) is 25.1 Å². The normalized spacial score (nSPS) is 25.0. The molecule has 10 heteroatoms. The van der Waals surface area contributed by atoms with Gasteiger partial charge in [0.2, 0.25) is 0 Å². The molecular weight excluding hydrogens is 392 g/mol. The zero-order chi connectivity index (χ0) is 19.8. The number of anilines is 1. The van der Waals surface area contributed by atoms with E-state index < -0.39 is 34.9 Å². The van der Waals surface area contributed by atoms with Crippen LogP contribution in [0, 0.1) is 13.8 Å². The Morgan fingerprint density at radius 1 is 1.30 bits per heavy atom. The average molecular weight is 412 g/mol. The Bertz CT molecular complexity index is 912. The van der Waals surface area contributed by atoms with E-state index in [1.54, 1.807) is 0 Å². The van der Waals surface area contributed by atoms with E-state index in [1.165, 1.54) is 11.8 Å². The van der Waals surface area contributed by atoms with Gasteiger partial charge >= 0.3 is 5.97 Å². The zero-order valence-corrected chi connectivity index (χ0v) is 16.5. The van der Waals surface area contributed by atoms with E-state index in [-0.39, 0.29) is 22.8 Å². The molecule has 2 heterocycles. The summed E-state index contributed by atoms with van der Waals surface area (Å²) in [5.41, 5.74) is 2.79. The minimum atomic E-state index is -3.14. The first-order valence-electron chi connectivity index (χ1n) is 8.31. The smallest absolute Gasteiger partial charge is 0.329 e. The van der Waals surface area contributed by atoms with Crippen LogP contribution >= 0.6 is 11.8 Å². The molecule has 0 bridgehead atoms. The van der Waals surface area contributed by atoms with Gasteiger partial charge in [-0.1, -0.05) is 23.9 Å². The summed E-state index contributed by atoms with van der Waals surface area (Å²) in [7, 11) is -3.14. The predicted octanol–water partition coefficient (Wildman–Crippen LogP) is 1.01. The van der Waals surface area contributed by atoms with Crippen molar-refractivity contribution >= 4 is 44.3 Å². The van der Waals surface area contributed by atoms with Crippen LogP contribution in [0.2, 0.25) is 0 Å². The van der Waals surface area contributed by atoms with Gasteiger partial charge in [0, 0.05) is 10.9 Å². The molecule has 0 saturated carbocycles. The lowest BCUT2D eigenvalue weighted by molar-refractivity contribution is -0.143. The Morgan fingerprint density at radius 2 is 2.04 bits per heavy atom. The van der Waals surface area contributed by atoms with E-state index in [1.807, 2.05) is 36.9 Å². The largest absolute Gasteiger partial charge is 0.480 e. The summed E-state index contributed by atoms with van der Waals surface area (Å²) in [4.78, 5) is 28.5. The summed E-state index contributed by atoms with van der Waals surface area (Å²) in [5, 5.41) is 8.81. The van der Waals surface area contributed by atoms with Crippen LogP contribution in [-0.4, -0.2) is 66.6 Å². The van der Waals surface area contributed by atoms with Gasteiger partial charge in [-0.2, -0.15) is 4.99 Å². The van der Waals surface area contributed by atoms with Crippen molar-refractivity contribution in [3.8, 4) is 0 Å². The molecule has 2 unspecified atom stereocenters. The molecule has 1 aromatic carbocycles. The van der Waals surface area contributed by atoms with Crippen LogP contribution in [0.25, 0.3) is 0 Å². The molecule has 146 valence electrons. The summed E-state index contributed by atoms with van der Waals surface area (Å²) in [5.74, 6) is -1.70. The molecule has 2 aliphatic rings. The highest BCUT2D eigenvalue weighted by Crippen LogP contribution is 2.42. The number of carbonyl (C=O) groups excluding carboxylic acids is 1. The Kier molecular flexibility index (Phi) is 5.59. The molecule has 27 heavy (non-hydrogen) atoms. The summed E-state index contributed by atoms with van der Waals surface area (Å²) in [6, 6.07) is 5.57. The number of carboxylic acid groups (broad SMARTS) is 1. The number of rotatable bonds is 5. The Balaban J connectivity index is 1.91. The highest BCUT2D eigenvalue weighted by molar-refractivity contribution is 8.16. The number of hydrogen-bond donors (Lipinski definition) is 1. The first-order valence-corrected chi connectivity index (χ1v) is 11.0. The summed E-state index contributed by atoms with van der Waals surface area (Å²) >= 11 is 1.27. The molecule has 1 aromatic rings. The third-order valence-electron chi connectivity index (χ3n) is 4.36. The highest BCUT2D eigenvalue weighted by atomic mass is 32.2. The molecule has 1 N–H and O–H groups in total. The number of nitrogens with zero attached hydrogens (tertiary/aromatic N) is 2. The lowest BCUT2D eigenvalue weighted by atomic mass is 10.1. The van der Waals surface area contributed by atoms with Crippen molar-refractivity contribution in [2.24, 2.45) is 4.99 Å². The van der Waals surface area contributed by atoms with Gasteiger partial charge < -0.3 is 14.7 Å². The number of sulfone groups is 1. The number of aliphatic carboxylic acids is 1. The Hall–Kier alpha value is -1.91. The third kappa shape index (κ3) is 4.50. The molecule has 3 rings (SSSR count). The van der Waals surface area contributed by atoms with Crippen LogP contribution < -0.4 is 4.90 Å². The first kappa shape index (κ1) is 19.8. The molecular formula is C17H20N2O6S2. The van der Waals surface area contributed by atoms with Crippen LogP contribution in [-0.2, 0) is 24.2 Å². The van der Waals surface area contributed by atoms with Crippen LogP contribution in [0.4, 0.5) is 5.69 Å². The number of amides is 1. The number of aliphatic imine (C=N–C) groups is 1. The second-order valence-corrected chi connectivity index (χ2v) is 10.00. The number of carboxylic acids is 1. The molecule has 0 aliphatic carbocycles. The predicted molar refractivity (Wildman–Crippen MR) is 103 cm³/mol. The van der Waals surface area contributed by atoms with Gasteiger partial charge in [0.15, 0.2) is 15.0 Å². The maximum absolute atomic E-state index is 12.1. The number of hydrogen-bond acceptors (Lipinski definition) is 6. The molecule has 8 nitrogen and oxygen atoms in total. The minimum absolute atomic E-state index is 0.0147. The molecule has 1 amide bonds. The number of aryl methyl sites for hydroxylation is 2. The van der Waals surface area contributed by atoms with Crippen molar-refractivity contribution in [3.63, 3.8) is 0 Å². The topological polar surface area (TPSA) is 113 Å². The highest BCUT2D eigenvalue weighted by Gasteiger charge is 2.49. The fourth-order valence-electron chi connectivity index (χ4n) is 3.19. The molecule has 2 aliphatic heterocycles. The maximum Gasteiger partial charge on any atom is 0.329 e. The zero-order valence-electron chi connectivity index (χ0n) is 14.9. The fraction of sp³-hybridized carbons (Fsp3) is 0.471. The number of fused-ring (bicyclic) bond motifs is 1. The molecule has 2 atom stereocenters. The molecule has 0 spiro atoms. The quantitative estimate of drug-likeness (QED) is 0.762. The van der Waals surface area contributed by atoms with Crippen LogP contribution in [0.15, 0.2) is 23.2 Å². The van der Waals surface area contributed by atoms with Gasteiger partial charge in [-0.05, 0) is 31.0 Å². The SMILES string of the molecule is Cc1ccc(C)c(N2C(=NC(=O)COCC(=O)O)SC3CS(=O)(=O)CC32)c1. The average Bonchev–Trinajstić information content (AvgIpc) is 3.00. The van der Waals surface area contributed by atoms with E-state index in [0.717, 1.165) is 16.8 Å². The van der Waals surface area contributed by atoms with Gasteiger partial charge in [0.05, 0.1) is 17.5 Å². The van der Waals surface area contributed by atoms with Crippen molar-refractivity contribution < 1.29 is 27.9 Å². The Labute approximate surface area is 161 Å². The van der Waals surface area contributed by atoms with E-state index in [9.17, 15) is 18.0 Å². The third-order valence-corrected chi connectivity index (χ3v) is 7.57. The molecule has 2 fully saturated rings. The van der Waals surface area contributed by atoms with E-state index in [2.05, 4.69) is 4.99 Å². The number of ether oxygens (including phenoxy) is 1. The van der Waals surface area contributed by atoms with Gasteiger partial charge in [0.25, 0.3) is 5.91 Å². The van der Waals surface area contributed by atoms with Crippen molar-refractivity contribution in [1.82, 2.24) is 0 Å². The van der Waals surface area contributed by atoms with Crippen molar-refractivity contribution in [2.75, 3.05) is 29.6 Å². The van der Waals surface area contributed by atoms with E-state index in [4.69, 9.17) is 9.84 Å². The second-order valence-electron chi connectivity index (χ2n) is 6.64. The molecule has 2 saturated heterocycles. The number of thioether (sulfide) groups is 1. The lowest BCUT2D eigenvalue weighted by Gasteiger charge is -2.26. The fourth-order valence-corrected chi connectivity index (χ4v) is 7.11. The summed E-state index contributed by atoms with van der Waals surface area (Å²) in [6.07, 6.45) is 0. The lowest BCUT2D eigenvalue weighted by Crippen LogP contribution is -2.38. The van der Waals surface area contributed by atoms with E-state index in [0.29, 0.717) is 5.17 Å². The first-order chi connectivity index (χ1) is 12.7. The van der Waals surface area contributed by atoms with Gasteiger partial charge in [-0.3, -0.25) is 4.79 Å². The number of amidine groups is 1. The monoisotopic (exact) mass is 412 g/mol. The van der Waals surface area contributed by atoms with Crippen molar-refractivity contribution in [1.29, 1.82) is 0 Å². The maximum atomic E-state index is 12.1. The standard InChI is InChI=1S/C17H20N2O6S2/c1-10-3-4-11(2)12(5-10)19-13-8-27(23,24)9-14(13)26-17(19)18-15(20)6-25-7-16(21)22/h3-5,13-14H,6-9H2,1-2H3,(H,21,22).